The normalized spacial score (nSPS) is 13.5. The van der Waals surface area contributed by atoms with E-state index in [-0.39, 0.29) is 0 Å². The molecule has 0 saturated carbocycles. The molecule has 0 amide bonds. The fraction of sp³-hybridized carbons (Fsp3) is 0.0270. The zero-order valence-corrected chi connectivity index (χ0v) is 21.2. The highest BCUT2D eigenvalue weighted by atomic mass is 16.5. The lowest BCUT2D eigenvalue weighted by atomic mass is 9.63. The van der Waals surface area contributed by atoms with Crippen molar-refractivity contribution in [3.05, 3.63) is 168 Å². The van der Waals surface area contributed by atoms with Crippen molar-refractivity contribution >= 4 is 21.9 Å². The van der Waals surface area contributed by atoms with Crippen molar-refractivity contribution < 1.29 is 9.15 Å². The molecule has 1 aromatic heterocycles. The fourth-order valence-electron chi connectivity index (χ4n) is 6.35. The first-order valence-corrected chi connectivity index (χ1v) is 13.3. The van der Waals surface area contributed by atoms with Gasteiger partial charge in [0.15, 0.2) is 0 Å². The third-order valence-corrected chi connectivity index (χ3v) is 8.03. The van der Waals surface area contributed by atoms with Crippen LogP contribution in [0.1, 0.15) is 22.3 Å². The SMILES string of the molecule is c1ccc(C2(c3ccccc3)c3ccccc3Oc3cc(-c4cccc5c4oc4ccccc45)ccc32)cc1. The number of benzene rings is 6. The fourth-order valence-corrected chi connectivity index (χ4v) is 6.35. The van der Waals surface area contributed by atoms with Crippen LogP contribution in [-0.4, -0.2) is 0 Å². The van der Waals surface area contributed by atoms with Crippen molar-refractivity contribution in [1.82, 2.24) is 0 Å². The molecule has 0 atom stereocenters. The molecule has 2 heterocycles. The van der Waals surface area contributed by atoms with Gasteiger partial charge in [-0.3, -0.25) is 0 Å². The van der Waals surface area contributed by atoms with E-state index in [1.54, 1.807) is 0 Å². The first-order chi connectivity index (χ1) is 19.3. The molecular weight excluding hydrogens is 476 g/mol. The molecule has 1 aliphatic heterocycles. The number of para-hydroxylation sites is 3. The summed E-state index contributed by atoms with van der Waals surface area (Å²) in [6.45, 7) is 0. The molecule has 39 heavy (non-hydrogen) atoms. The largest absolute Gasteiger partial charge is 0.457 e. The summed E-state index contributed by atoms with van der Waals surface area (Å²) in [6.07, 6.45) is 0. The Morgan fingerprint density at radius 3 is 1.90 bits per heavy atom. The highest BCUT2D eigenvalue weighted by molar-refractivity contribution is 6.09. The quantitative estimate of drug-likeness (QED) is 0.241. The molecule has 0 bridgehead atoms. The van der Waals surface area contributed by atoms with E-state index in [1.807, 2.05) is 18.2 Å². The Hall–Kier alpha value is -5.08. The third-order valence-electron chi connectivity index (χ3n) is 8.03. The summed E-state index contributed by atoms with van der Waals surface area (Å²) in [7, 11) is 0. The second-order valence-corrected chi connectivity index (χ2v) is 10.1. The predicted molar refractivity (Wildman–Crippen MR) is 158 cm³/mol. The van der Waals surface area contributed by atoms with Gasteiger partial charge in [0.1, 0.15) is 22.7 Å². The molecule has 0 saturated heterocycles. The topological polar surface area (TPSA) is 22.4 Å². The minimum absolute atomic E-state index is 0.517. The smallest absolute Gasteiger partial charge is 0.143 e. The third kappa shape index (κ3) is 3.15. The van der Waals surface area contributed by atoms with Gasteiger partial charge in [-0.05, 0) is 34.9 Å². The van der Waals surface area contributed by atoms with Gasteiger partial charge in [-0.2, -0.15) is 0 Å². The van der Waals surface area contributed by atoms with E-state index in [1.165, 1.54) is 11.1 Å². The van der Waals surface area contributed by atoms with Crippen LogP contribution in [0.4, 0.5) is 0 Å². The molecule has 1 aliphatic rings. The van der Waals surface area contributed by atoms with Gasteiger partial charge in [0, 0.05) is 27.5 Å². The number of rotatable bonds is 3. The Labute approximate surface area is 226 Å². The van der Waals surface area contributed by atoms with Crippen LogP contribution in [-0.2, 0) is 5.41 Å². The molecule has 2 nitrogen and oxygen atoms in total. The second kappa shape index (κ2) is 8.47. The van der Waals surface area contributed by atoms with Crippen molar-refractivity contribution in [2.24, 2.45) is 0 Å². The lowest BCUT2D eigenvalue weighted by Gasteiger charge is -2.41. The summed E-state index contributed by atoms with van der Waals surface area (Å²) >= 11 is 0. The van der Waals surface area contributed by atoms with Crippen molar-refractivity contribution in [1.29, 1.82) is 0 Å². The van der Waals surface area contributed by atoms with Crippen molar-refractivity contribution in [3.63, 3.8) is 0 Å². The molecule has 7 aromatic rings. The van der Waals surface area contributed by atoms with Crippen molar-refractivity contribution in [2.45, 2.75) is 5.41 Å². The van der Waals surface area contributed by atoms with E-state index >= 15 is 0 Å². The van der Waals surface area contributed by atoms with Crippen LogP contribution in [0.3, 0.4) is 0 Å². The average Bonchev–Trinajstić information content (AvgIpc) is 3.39. The van der Waals surface area contributed by atoms with Crippen LogP contribution < -0.4 is 4.74 Å². The molecule has 184 valence electrons. The second-order valence-electron chi connectivity index (χ2n) is 10.1. The molecule has 0 spiro atoms. The first-order valence-electron chi connectivity index (χ1n) is 13.3. The summed E-state index contributed by atoms with van der Waals surface area (Å²) in [5.41, 5.74) is 8.08. The van der Waals surface area contributed by atoms with Gasteiger partial charge in [-0.25, -0.2) is 0 Å². The molecule has 0 fully saturated rings. The van der Waals surface area contributed by atoms with E-state index in [9.17, 15) is 0 Å². The molecule has 0 unspecified atom stereocenters. The molecule has 0 radical (unpaired) electrons. The molecule has 2 heteroatoms. The highest BCUT2D eigenvalue weighted by Crippen LogP contribution is 2.55. The number of furan rings is 1. The number of ether oxygens (including phenoxy) is 1. The van der Waals surface area contributed by atoms with Crippen LogP contribution >= 0.6 is 0 Å². The maximum Gasteiger partial charge on any atom is 0.143 e. The lowest BCUT2D eigenvalue weighted by molar-refractivity contribution is 0.435. The Morgan fingerprint density at radius 1 is 0.462 bits per heavy atom. The van der Waals surface area contributed by atoms with E-state index < -0.39 is 5.41 Å². The number of hydrogen-bond donors (Lipinski definition) is 0. The van der Waals surface area contributed by atoms with Gasteiger partial charge in [-0.1, -0.05) is 127 Å². The Morgan fingerprint density at radius 2 is 1.10 bits per heavy atom. The Kier molecular flexibility index (Phi) is 4.77. The van der Waals surface area contributed by atoms with Crippen LogP contribution in [0.15, 0.2) is 150 Å². The van der Waals surface area contributed by atoms with Gasteiger partial charge in [0.25, 0.3) is 0 Å². The average molecular weight is 501 g/mol. The zero-order valence-electron chi connectivity index (χ0n) is 21.2. The van der Waals surface area contributed by atoms with Crippen molar-refractivity contribution in [3.8, 4) is 22.6 Å². The van der Waals surface area contributed by atoms with Crippen LogP contribution in [0.5, 0.6) is 11.5 Å². The van der Waals surface area contributed by atoms with E-state index in [0.717, 1.165) is 55.7 Å². The molecular formula is C37H24O2. The minimum Gasteiger partial charge on any atom is -0.457 e. The van der Waals surface area contributed by atoms with Crippen LogP contribution in [0.25, 0.3) is 33.1 Å². The maximum atomic E-state index is 6.68. The standard InChI is InChI=1S/C37H24O2/c1-3-12-26(13-4-1)37(27-14-5-2-6-15-27)31-19-8-10-21-34(31)38-35-24-25(22-23-32(35)37)28-17-11-18-30-29-16-7-9-20-33(29)39-36(28)30/h1-24H. The molecule has 0 aliphatic carbocycles. The van der Waals surface area contributed by atoms with Crippen LogP contribution in [0, 0.1) is 0 Å². The van der Waals surface area contributed by atoms with E-state index in [4.69, 9.17) is 9.15 Å². The van der Waals surface area contributed by atoms with Crippen molar-refractivity contribution in [2.75, 3.05) is 0 Å². The molecule has 0 N–H and O–H groups in total. The summed E-state index contributed by atoms with van der Waals surface area (Å²) in [4.78, 5) is 0. The highest BCUT2D eigenvalue weighted by Gasteiger charge is 2.45. The van der Waals surface area contributed by atoms with Gasteiger partial charge in [0.2, 0.25) is 0 Å². The first kappa shape index (κ1) is 22.0. The van der Waals surface area contributed by atoms with Gasteiger partial charge in [0.05, 0.1) is 5.41 Å². The molecule has 6 aromatic carbocycles. The Bertz CT molecular complexity index is 1940. The summed E-state index contributed by atoms with van der Waals surface area (Å²) in [5, 5.41) is 2.25. The summed E-state index contributed by atoms with van der Waals surface area (Å²) in [6, 6.07) is 51.1. The van der Waals surface area contributed by atoms with Gasteiger partial charge >= 0.3 is 0 Å². The maximum absolute atomic E-state index is 6.68. The lowest BCUT2D eigenvalue weighted by Crippen LogP contribution is -2.34. The summed E-state index contributed by atoms with van der Waals surface area (Å²) in [5.74, 6) is 1.73. The van der Waals surface area contributed by atoms with Crippen LogP contribution in [0.2, 0.25) is 0 Å². The molecule has 8 rings (SSSR count). The predicted octanol–water partition coefficient (Wildman–Crippen LogP) is 9.74. The Balaban J connectivity index is 1.42. The van der Waals surface area contributed by atoms with Gasteiger partial charge < -0.3 is 9.15 Å². The van der Waals surface area contributed by atoms with E-state index in [0.29, 0.717) is 0 Å². The zero-order chi connectivity index (χ0) is 25.8. The van der Waals surface area contributed by atoms with Gasteiger partial charge in [-0.15, -0.1) is 0 Å². The summed E-state index contributed by atoms with van der Waals surface area (Å²) < 4.78 is 13.1. The monoisotopic (exact) mass is 500 g/mol. The van der Waals surface area contributed by atoms with E-state index in [2.05, 4.69) is 127 Å². The number of hydrogen-bond acceptors (Lipinski definition) is 2. The number of fused-ring (bicyclic) bond motifs is 5. The minimum atomic E-state index is -0.517.